The van der Waals surface area contributed by atoms with Gasteiger partial charge in [-0.15, -0.1) is 0 Å². The molecule has 220 valence electrons. The number of halogens is 2. The van der Waals surface area contributed by atoms with Crippen molar-refractivity contribution >= 4 is 45.0 Å². The van der Waals surface area contributed by atoms with Gasteiger partial charge in [0.2, 0.25) is 16.0 Å². The van der Waals surface area contributed by atoms with Crippen LogP contribution in [-0.4, -0.2) is 92.2 Å². The summed E-state index contributed by atoms with van der Waals surface area (Å²) in [5.41, 5.74) is 0.121. The molecule has 0 spiro atoms. The number of piperidine rings is 1. The molecule has 2 atom stereocenters. The Kier molecular flexibility index (Phi) is 9.70. The monoisotopic (exact) mass is 597 g/mol. The molecule has 2 aromatic rings. The number of nitrogens with one attached hydrogen (secondary N) is 3. The number of amides is 1. The van der Waals surface area contributed by atoms with E-state index < -0.39 is 21.7 Å². The SMILES string of the molecule is COc1cc(C(=O)NC2CCN(C)CC2)c(F)cc1Nc1ncc(Cl)c(N[C@@H]2CCCC[C@H]2N(C)S(C)(=O)=O)n1. The number of likely N-dealkylation sites (N-methyl/N-ethyl adjacent to an activating group) is 1. The van der Waals surface area contributed by atoms with Crippen LogP contribution in [0, 0.1) is 5.82 Å². The van der Waals surface area contributed by atoms with E-state index in [9.17, 15) is 13.2 Å². The molecule has 14 heteroatoms. The third-order valence-corrected chi connectivity index (χ3v) is 9.21. The first-order valence-electron chi connectivity index (χ1n) is 13.3. The third kappa shape index (κ3) is 7.31. The molecule has 1 aliphatic carbocycles. The molecule has 11 nitrogen and oxygen atoms in total. The van der Waals surface area contributed by atoms with Crippen LogP contribution in [0.15, 0.2) is 18.3 Å². The van der Waals surface area contributed by atoms with Gasteiger partial charge in [0.25, 0.3) is 5.91 Å². The van der Waals surface area contributed by atoms with E-state index in [0.29, 0.717) is 12.2 Å². The van der Waals surface area contributed by atoms with Crippen molar-refractivity contribution in [3.05, 3.63) is 34.7 Å². The molecule has 1 amide bonds. The number of hydrogen-bond acceptors (Lipinski definition) is 9. The van der Waals surface area contributed by atoms with Gasteiger partial charge >= 0.3 is 0 Å². The van der Waals surface area contributed by atoms with E-state index in [4.69, 9.17) is 16.3 Å². The highest BCUT2D eigenvalue weighted by molar-refractivity contribution is 7.88. The number of aromatic nitrogens is 2. The predicted molar refractivity (Wildman–Crippen MR) is 154 cm³/mol. The Morgan fingerprint density at radius 1 is 1.20 bits per heavy atom. The maximum atomic E-state index is 15.1. The smallest absolute Gasteiger partial charge is 0.254 e. The molecule has 2 aliphatic rings. The number of anilines is 3. The molecule has 1 saturated carbocycles. The van der Waals surface area contributed by atoms with Crippen molar-refractivity contribution in [3.8, 4) is 5.75 Å². The van der Waals surface area contributed by atoms with Crippen molar-refractivity contribution in [2.45, 2.75) is 56.7 Å². The Balaban J connectivity index is 1.51. The zero-order valence-electron chi connectivity index (χ0n) is 23.2. The van der Waals surface area contributed by atoms with Crippen LogP contribution in [0.25, 0.3) is 0 Å². The van der Waals surface area contributed by atoms with Gasteiger partial charge in [-0.2, -0.15) is 4.98 Å². The second-order valence-corrected chi connectivity index (χ2v) is 12.9. The van der Waals surface area contributed by atoms with Gasteiger partial charge in [0.1, 0.15) is 16.6 Å². The average molecular weight is 598 g/mol. The molecule has 40 heavy (non-hydrogen) atoms. The molecular formula is C26H37ClFN7O4S. The quantitative estimate of drug-likeness (QED) is 0.398. The van der Waals surface area contributed by atoms with Crippen molar-refractivity contribution in [3.63, 3.8) is 0 Å². The van der Waals surface area contributed by atoms with Gasteiger partial charge in [0.05, 0.1) is 30.8 Å². The Hall–Kier alpha value is -2.74. The summed E-state index contributed by atoms with van der Waals surface area (Å²) in [4.78, 5) is 23.7. The molecule has 1 saturated heterocycles. The van der Waals surface area contributed by atoms with E-state index in [1.807, 2.05) is 7.05 Å². The van der Waals surface area contributed by atoms with Crippen molar-refractivity contribution in [2.75, 3.05) is 51.2 Å². The molecule has 0 unspecified atom stereocenters. The number of carbonyl (C=O) groups excluding carboxylic acids is 1. The highest BCUT2D eigenvalue weighted by atomic mass is 35.5. The number of methoxy groups -OCH3 is 1. The number of carbonyl (C=O) groups is 1. The minimum Gasteiger partial charge on any atom is -0.495 e. The van der Waals surface area contributed by atoms with Crippen molar-refractivity contribution in [2.24, 2.45) is 0 Å². The normalized spacial score (nSPS) is 20.8. The summed E-state index contributed by atoms with van der Waals surface area (Å²) in [5, 5.41) is 9.42. The summed E-state index contributed by atoms with van der Waals surface area (Å²) in [6, 6.07) is 2.05. The summed E-state index contributed by atoms with van der Waals surface area (Å²) < 4.78 is 46.3. The van der Waals surface area contributed by atoms with Crippen LogP contribution in [0.5, 0.6) is 5.75 Å². The number of hydrogen-bond donors (Lipinski definition) is 3. The first kappa shape index (κ1) is 30.2. The van der Waals surface area contributed by atoms with E-state index >= 15 is 4.39 Å². The van der Waals surface area contributed by atoms with Crippen LogP contribution in [0.2, 0.25) is 5.02 Å². The Bertz CT molecular complexity index is 1320. The highest BCUT2D eigenvalue weighted by Gasteiger charge is 2.33. The molecule has 1 aromatic heterocycles. The van der Waals surface area contributed by atoms with Gasteiger partial charge in [-0.05, 0) is 51.9 Å². The zero-order chi connectivity index (χ0) is 29.0. The molecule has 0 bridgehead atoms. The average Bonchev–Trinajstić information content (AvgIpc) is 2.91. The fraction of sp³-hybridized carbons (Fsp3) is 0.577. The Morgan fingerprint density at radius 3 is 2.58 bits per heavy atom. The van der Waals surface area contributed by atoms with Crippen molar-refractivity contribution < 1.29 is 22.3 Å². The highest BCUT2D eigenvalue weighted by Crippen LogP contribution is 2.32. The van der Waals surface area contributed by atoms with Gasteiger partial charge < -0.3 is 25.6 Å². The second kappa shape index (κ2) is 12.8. The number of benzene rings is 1. The third-order valence-electron chi connectivity index (χ3n) is 7.62. The Morgan fingerprint density at radius 2 is 1.90 bits per heavy atom. The minimum atomic E-state index is -3.38. The molecule has 2 fully saturated rings. The van der Waals surface area contributed by atoms with Crippen LogP contribution >= 0.6 is 11.6 Å². The van der Waals surface area contributed by atoms with Crippen LogP contribution in [0.4, 0.5) is 21.8 Å². The fourth-order valence-electron chi connectivity index (χ4n) is 5.20. The van der Waals surface area contributed by atoms with Gasteiger partial charge in [-0.25, -0.2) is 22.1 Å². The summed E-state index contributed by atoms with van der Waals surface area (Å²) >= 11 is 6.38. The molecule has 4 rings (SSSR count). The van der Waals surface area contributed by atoms with E-state index in [2.05, 4.69) is 30.8 Å². The second-order valence-electron chi connectivity index (χ2n) is 10.5. The topological polar surface area (TPSA) is 129 Å². The molecule has 2 heterocycles. The summed E-state index contributed by atoms with van der Waals surface area (Å²) in [7, 11) is 1.65. The minimum absolute atomic E-state index is 0.0127. The predicted octanol–water partition coefficient (Wildman–Crippen LogP) is 3.46. The maximum Gasteiger partial charge on any atom is 0.254 e. The summed E-state index contributed by atoms with van der Waals surface area (Å²) in [6.07, 6.45) is 7.52. The number of rotatable bonds is 9. The van der Waals surface area contributed by atoms with E-state index in [1.165, 1.54) is 36.0 Å². The number of sulfonamides is 1. The van der Waals surface area contributed by atoms with E-state index in [0.717, 1.165) is 45.2 Å². The van der Waals surface area contributed by atoms with Crippen molar-refractivity contribution in [1.29, 1.82) is 0 Å². The van der Waals surface area contributed by atoms with Gasteiger partial charge in [0, 0.05) is 31.2 Å². The number of likely N-dealkylation sites (tertiary alicyclic amines) is 1. The largest absolute Gasteiger partial charge is 0.495 e. The van der Waals surface area contributed by atoms with Crippen LogP contribution in [-0.2, 0) is 10.0 Å². The zero-order valence-corrected chi connectivity index (χ0v) is 24.8. The first-order chi connectivity index (χ1) is 19.0. The lowest BCUT2D eigenvalue weighted by Crippen LogP contribution is -2.49. The van der Waals surface area contributed by atoms with Crippen LogP contribution < -0.4 is 20.7 Å². The lowest BCUT2D eigenvalue weighted by Gasteiger charge is -2.37. The lowest BCUT2D eigenvalue weighted by atomic mass is 9.90. The number of ether oxygens (including phenoxy) is 1. The summed E-state index contributed by atoms with van der Waals surface area (Å²) in [5.74, 6) is -0.518. The van der Waals surface area contributed by atoms with Gasteiger partial charge in [0.15, 0.2) is 5.82 Å². The Labute approximate surface area is 239 Å². The molecule has 3 N–H and O–H groups in total. The number of nitrogens with zero attached hydrogens (tertiary/aromatic N) is 4. The summed E-state index contributed by atoms with van der Waals surface area (Å²) in [6.45, 7) is 1.74. The molecular weight excluding hydrogens is 561 g/mol. The standard InChI is InChI=1S/C26H37ClFN7O4S/c1-34-11-9-16(10-12-34)30-25(36)17-13-23(39-3)21(14-19(17)28)32-26-29-15-18(27)24(33-26)31-20-7-5-6-8-22(20)35(2)40(4,37)38/h13-16,20,22H,5-12H2,1-4H3,(H,30,36)(H2,29,31,32,33)/t20-,22-/m1/s1. The van der Waals surface area contributed by atoms with Gasteiger partial charge in [-0.3, -0.25) is 4.79 Å². The molecule has 1 aliphatic heterocycles. The molecule has 1 aromatic carbocycles. The first-order valence-corrected chi connectivity index (χ1v) is 15.5. The van der Waals surface area contributed by atoms with Gasteiger partial charge in [-0.1, -0.05) is 24.4 Å². The van der Waals surface area contributed by atoms with Crippen LogP contribution in [0.3, 0.4) is 0 Å². The fourth-order valence-corrected chi connectivity index (χ4v) is 6.09. The van der Waals surface area contributed by atoms with Crippen LogP contribution in [0.1, 0.15) is 48.9 Å². The lowest BCUT2D eigenvalue weighted by molar-refractivity contribution is 0.0912. The van der Waals surface area contributed by atoms with Crippen molar-refractivity contribution in [1.82, 2.24) is 24.5 Å². The molecule has 0 radical (unpaired) electrons. The van der Waals surface area contributed by atoms with E-state index in [1.54, 1.807) is 7.05 Å². The maximum absolute atomic E-state index is 15.1. The van der Waals surface area contributed by atoms with E-state index in [-0.39, 0.29) is 46.1 Å².